The molecule has 1 nitrogen and oxygen atoms in total. The van der Waals surface area contributed by atoms with Crippen LogP contribution in [0.1, 0.15) is 52.9 Å². The van der Waals surface area contributed by atoms with E-state index in [1.807, 2.05) is 0 Å². The van der Waals surface area contributed by atoms with Crippen LogP contribution in [0, 0.1) is 11.8 Å². The van der Waals surface area contributed by atoms with Crippen LogP contribution < -0.4 is 5.73 Å². The summed E-state index contributed by atoms with van der Waals surface area (Å²) in [5.41, 5.74) is 5.59. The molecule has 0 heterocycles. The van der Waals surface area contributed by atoms with Gasteiger partial charge in [-0.2, -0.15) is 0 Å². The smallest absolute Gasteiger partial charge is 0.00745 e. The second-order valence-corrected chi connectivity index (χ2v) is 3.70. The van der Waals surface area contributed by atoms with Gasteiger partial charge in [0.2, 0.25) is 0 Å². The topological polar surface area (TPSA) is 26.0 Å². The average Bonchev–Trinajstić information content (AvgIpc) is 2.11. The second kappa shape index (κ2) is 7.60. The molecule has 12 heavy (non-hydrogen) atoms. The molecule has 0 spiro atoms. The van der Waals surface area contributed by atoms with E-state index < -0.39 is 0 Å². The lowest BCUT2D eigenvalue weighted by Gasteiger charge is -2.24. The summed E-state index contributed by atoms with van der Waals surface area (Å²) in [4.78, 5) is 0. The maximum absolute atomic E-state index is 5.59. The molecule has 0 rings (SSSR count). The van der Waals surface area contributed by atoms with Crippen LogP contribution in [0.2, 0.25) is 0 Å². The Kier molecular flexibility index (Phi) is 7.58. The average molecular weight is 171 g/mol. The maximum Gasteiger partial charge on any atom is -0.00745 e. The molecular formula is C11H25N. The lowest BCUT2D eigenvalue weighted by atomic mass is 9.82. The molecule has 0 aliphatic carbocycles. The molecule has 0 fully saturated rings. The standard InChI is InChI=1S/C11H25N/c1-4-7-10(5-2)11(6-3)8-9-12/h10-11H,4-9,12H2,1-3H3. The number of rotatable bonds is 7. The molecule has 0 aliphatic rings. The summed E-state index contributed by atoms with van der Waals surface area (Å²) in [6.45, 7) is 7.73. The number of nitrogens with two attached hydrogens (primary N) is 1. The van der Waals surface area contributed by atoms with Crippen LogP contribution >= 0.6 is 0 Å². The SMILES string of the molecule is CCCC(CC)C(CC)CCN. The number of hydrogen-bond donors (Lipinski definition) is 1. The van der Waals surface area contributed by atoms with Crippen molar-refractivity contribution < 1.29 is 0 Å². The summed E-state index contributed by atoms with van der Waals surface area (Å²) in [7, 11) is 0. The molecule has 0 aromatic rings. The van der Waals surface area contributed by atoms with Gasteiger partial charge in [-0.05, 0) is 24.8 Å². The number of hydrogen-bond acceptors (Lipinski definition) is 1. The highest BCUT2D eigenvalue weighted by Crippen LogP contribution is 2.26. The van der Waals surface area contributed by atoms with Crippen LogP contribution in [0.15, 0.2) is 0 Å². The van der Waals surface area contributed by atoms with Crippen LogP contribution in [-0.2, 0) is 0 Å². The van der Waals surface area contributed by atoms with Crippen molar-refractivity contribution in [1.29, 1.82) is 0 Å². The van der Waals surface area contributed by atoms with Gasteiger partial charge >= 0.3 is 0 Å². The Hall–Kier alpha value is -0.0400. The van der Waals surface area contributed by atoms with Gasteiger partial charge in [-0.1, -0.05) is 46.5 Å². The van der Waals surface area contributed by atoms with Crippen molar-refractivity contribution in [3.63, 3.8) is 0 Å². The molecule has 2 unspecified atom stereocenters. The van der Waals surface area contributed by atoms with E-state index in [0.717, 1.165) is 18.4 Å². The van der Waals surface area contributed by atoms with Gasteiger partial charge in [0, 0.05) is 0 Å². The van der Waals surface area contributed by atoms with E-state index in [2.05, 4.69) is 20.8 Å². The first kappa shape index (κ1) is 12.0. The molecule has 0 saturated carbocycles. The summed E-state index contributed by atoms with van der Waals surface area (Å²) in [6.07, 6.45) is 6.55. The quantitative estimate of drug-likeness (QED) is 0.625. The van der Waals surface area contributed by atoms with E-state index in [1.165, 1.54) is 32.1 Å². The Morgan fingerprint density at radius 3 is 1.75 bits per heavy atom. The van der Waals surface area contributed by atoms with Crippen molar-refractivity contribution in [2.45, 2.75) is 52.9 Å². The Labute approximate surface area is 77.7 Å². The van der Waals surface area contributed by atoms with Gasteiger partial charge in [0.15, 0.2) is 0 Å². The van der Waals surface area contributed by atoms with Gasteiger partial charge < -0.3 is 5.73 Å². The van der Waals surface area contributed by atoms with Gasteiger partial charge in [-0.15, -0.1) is 0 Å². The first-order chi connectivity index (χ1) is 5.79. The third-order valence-electron chi connectivity index (χ3n) is 2.91. The second-order valence-electron chi connectivity index (χ2n) is 3.70. The fraction of sp³-hybridized carbons (Fsp3) is 1.00. The molecule has 0 aromatic carbocycles. The predicted molar refractivity (Wildman–Crippen MR) is 56.1 cm³/mol. The highest BCUT2D eigenvalue weighted by Gasteiger charge is 2.16. The van der Waals surface area contributed by atoms with E-state index in [4.69, 9.17) is 5.73 Å². The molecule has 0 radical (unpaired) electrons. The van der Waals surface area contributed by atoms with Crippen molar-refractivity contribution in [3.05, 3.63) is 0 Å². The molecule has 2 N–H and O–H groups in total. The van der Waals surface area contributed by atoms with Gasteiger partial charge in [-0.25, -0.2) is 0 Å². The molecule has 0 amide bonds. The van der Waals surface area contributed by atoms with Crippen molar-refractivity contribution in [2.75, 3.05) is 6.54 Å². The maximum atomic E-state index is 5.59. The molecule has 0 bridgehead atoms. The zero-order chi connectivity index (χ0) is 9.40. The summed E-state index contributed by atoms with van der Waals surface area (Å²) in [6, 6.07) is 0. The monoisotopic (exact) mass is 171 g/mol. The van der Waals surface area contributed by atoms with Crippen LogP contribution in [0.5, 0.6) is 0 Å². The minimum absolute atomic E-state index is 0.860. The summed E-state index contributed by atoms with van der Waals surface area (Å²) < 4.78 is 0. The Balaban J connectivity index is 3.84. The summed E-state index contributed by atoms with van der Waals surface area (Å²) in [5.74, 6) is 1.79. The van der Waals surface area contributed by atoms with Crippen molar-refractivity contribution in [3.8, 4) is 0 Å². The predicted octanol–water partition coefficient (Wildman–Crippen LogP) is 3.19. The van der Waals surface area contributed by atoms with Crippen LogP contribution in [0.4, 0.5) is 0 Å². The summed E-state index contributed by atoms with van der Waals surface area (Å²) in [5, 5.41) is 0. The van der Waals surface area contributed by atoms with Gasteiger partial charge in [0.25, 0.3) is 0 Å². The minimum atomic E-state index is 0.860. The molecule has 1 heteroatoms. The van der Waals surface area contributed by atoms with Gasteiger partial charge in [-0.3, -0.25) is 0 Å². The largest absolute Gasteiger partial charge is 0.330 e. The minimum Gasteiger partial charge on any atom is -0.330 e. The first-order valence-corrected chi connectivity index (χ1v) is 5.50. The third kappa shape index (κ3) is 4.10. The molecule has 2 atom stereocenters. The fourth-order valence-electron chi connectivity index (χ4n) is 2.13. The lowest BCUT2D eigenvalue weighted by molar-refractivity contribution is 0.279. The third-order valence-corrected chi connectivity index (χ3v) is 2.91. The van der Waals surface area contributed by atoms with Crippen LogP contribution in [0.3, 0.4) is 0 Å². The van der Waals surface area contributed by atoms with Crippen molar-refractivity contribution >= 4 is 0 Å². The molecule has 0 saturated heterocycles. The van der Waals surface area contributed by atoms with Crippen molar-refractivity contribution in [2.24, 2.45) is 17.6 Å². The van der Waals surface area contributed by atoms with Gasteiger partial charge in [0.05, 0.1) is 0 Å². The fourth-order valence-corrected chi connectivity index (χ4v) is 2.13. The molecule has 0 aliphatic heterocycles. The molecular weight excluding hydrogens is 146 g/mol. The zero-order valence-corrected chi connectivity index (χ0v) is 8.97. The van der Waals surface area contributed by atoms with E-state index >= 15 is 0 Å². The lowest BCUT2D eigenvalue weighted by Crippen LogP contribution is -2.17. The molecule has 74 valence electrons. The van der Waals surface area contributed by atoms with E-state index in [-0.39, 0.29) is 0 Å². The summed E-state index contributed by atoms with van der Waals surface area (Å²) >= 11 is 0. The van der Waals surface area contributed by atoms with E-state index in [9.17, 15) is 0 Å². The highest BCUT2D eigenvalue weighted by molar-refractivity contribution is 4.68. The van der Waals surface area contributed by atoms with Gasteiger partial charge in [0.1, 0.15) is 0 Å². The highest BCUT2D eigenvalue weighted by atomic mass is 14.5. The van der Waals surface area contributed by atoms with E-state index in [0.29, 0.717) is 0 Å². The van der Waals surface area contributed by atoms with Crippen LogP contribution in [-0.4, -0.2) is 6.54 Å². The van der Waals surface area contributed by atoms with E-state index in [1.54, 1.807) is 0 Å². The van der Waals surface area contributed by atoms with Crippen LogP contribution in [0.25, 0.3) is 0 Å². The normalized spacial score (nSPS) is 16.0. The Morgan fingerprint density at radius 1 is 0.917 bits per heavy atom. The Morgan fingerprint density at radius 2 is 1.42 bits per heavy atom. The first-order valence-electron chi connectivity index (χ1n) is 5.50. The molecule has 0 aromatic heterocycles. The Bertz CT molecular complexity index is 79.0. The van der Waals surface area contributed by atoms with Crippen molar-refractivity contribution in [1.82, 2.24) is 0 Å². The zero-order valence-electron chi connectivity index (χ0n) is 8.97.